The van der Waals surface area contributed by atoms with E-state index in [0.717, 1.165) is 45.2 Å². The minimum absolute atomic E-state index is 0.00446. The monoisotopic (exact) mass is 435 g/mol. The van der Waals surface area contributed by atoms with Crippen LogP contribution in [0.1, 0.15) is 52.9 Å². The van der Waals surface area contributed by atoms with Gasteiger partial charge in [-0.25, -0.2) is 9.80 Å². The Morgan fingerprint density at radius 2 is 1.81 bits per heavy atom. The predicted molar refractivity (Wildman–Crippen MR) is 115 cm³/mol. The molecule has 2 saturated carbocycles. The molecule has 2 aliphatic carbocycles. The average molecular weight is 436 g/mol. The second-order valence-electron chi connectivity index (χ2n) is 10.1. The number of nitrogens with one attached hydrogen (secondary N) is 1. The van der Waals surface area contributed by atoms with E-state index >= 15 is 0 Å². The quantitative estimate of drug-likeness (QED) is 0.665. The number of rotatable bonds is 5. The molecule has 4 unspecified atom stereocenters. The smallest absolute Gasteiger partial charge is 0.410 e. The van der Waals surface area contributed by atoms with Gasteiger partial charge in [0.25, 0.3) is 0 Å². The van der Waals surface area contributed by atoms with Crippen LogP contribution in [0.2, 0.25) is 0 Å². The Bertz CT molecular complexity index is 712. The van der Waals surface area contributed by atoms with Gasteiger partial charge in [-0.3, -0.25) is 15.0 Å². The van der Waals surface area contributed by atoms with Crippen molar-refractivity contribution in [1.82, 2.24) is 20.2 Å². The first-order valence-corrected chi connectivity index (χ1v) is 11.8. The van der Waals surface area contributed by atoms with Gasteiger partial charge in [-0.2, -0.15) is 0 Å². The van der Waals surface area contributed by atoms with E-state index in [1.165, 1.54) is 0 Å². The maximum Gasteiger partial charge on any atom is 0.410 e. The number of hydrogen-bond acceptors (Lipinski definition) is 6. The Hall–Kier alpha value is -1.87. The lowest BCUT2D eigenvalue weighted by Gasteiger charge is -2.54. The molecule has 3 N–H and O–H groups in total. The fraction of sp³-hybridized carbons (Fsp3) is 0.864. The van der Waals surface area contributed by atoms with E-state index in [2.05, 4.69) is 17.2 Å². The van der Waals surface area contributed by atoms with E-state index in [0.29, 0.717) is 18.4 Å². The summed E-state index contributed by atoms with van der Waals surface area (Å²) in [4.78, 5) is 41.3. The topological polar surface area (TPSA) is 108 Å². The van der Waals surface area contributed by atoms with Crippen molar-refractivity contribution in [2.24, 2.45) is 23.5 Å². The van der Waals surface area contributed by atoms with Crippen LogP contribution in [0.15, 0.2) is 0 Å². The SMILES string of the molecule is CC(C)OC(=O)N1C[C@H](C)N(C(=O)C2CC2)C2CCC(C3CNN(CC(N)=O)C3)CC21. The molecule has 0 aromatic rings. The van der Waals surface area contributed by atoms with Gasteiger partial charge in [0, 0.05) is 31.6 Å². The van der Waals surface area contributed by atoms with Gasteiger partial charge in [0.15, 0.2) is 0 Å². The van der Waals surface area contributed by atoms with Crippen molar-refractivity contribution in [3.63, 3.8) is 0 Å². The molecule has 4 fully saturated rings. The summed E-state index contributed by atoms with van der Waals surface area (Å²) in [5.74, 6) is 0.932. The number of carbonyl (C=O) groups is 3. The van der Waals surface area contributed by atoms with Crippen molar-refractivity contribution in [2.45, 2.75) is 77.1 Å². The molecule has 0 aromatic heterocycles. The van der Waals surface area contributed by atoms with E-state index in [-0.39, 0.29) is 54.6 Å². The Morgan fingerprint density at radius 3 is 2.45 bits per heavy atom. The highest BCUT2D eigenvalue weighted by Gasteiger charge is 2.50. The van der Waals surface area contributed by atoms with Gasteiger partial charge < -0.3 is 20.3 Å². The van der Waals surface area contributed by atoms with Crippen molar-refractivity contribution in [3.05, 3.63) is 0 Å². The first kappa shape index (κ1) is 22.3. The molecule has 9 nitrogen and oxygen atoms in total. The largest absolute Gasteiger partial charge is 0.447 e. The standard InChI is InChI=1S/C22H37N5O4/c1-13(2)31-22(30)26-10-14(3)27(21(29)15-4-5-15)18-7-6-16(8-19(18)26)17-9-24-25(11-17)12-20(23)28/h13-19,24H,4-12H2,1-3H3,(H2,23,28)/t14-,16?,17?,18?,19?/m0/s1. The van der Waals surface area contributed by atoms with Crippen LogP contribution >= 0.6 is 0 Å². The molecule has 4 rings (SSSR count). The van der Waals surface area contributed by atoms with Crippen molar-refractivity contribution in [1.29, 1.82) is 0 Å². The number of nitrogens with two attached hydrogens (primary N) is 1. The highest BCUT2D eigenvalue weighted by atomic mass is 16.6. The third kappa shape index (κ3) is 4.82. The zero-order chi connectivity index (χ0) is 22.3. The Morgan fingerprint density at radius 1 is 1.06 bits per heavy atom. The van der Waals surface area contributed by atoms with Crippen LogP contribution < -0.4 is 11.2 Å². The van der Waals surface area contributed by atoms with E-state index < -0.39 is 0 Å². The molecule has 9 heteroatoms. The second kappa shape index (κ2) is 8.94. The number of ether oxygens (including phenoxy) is 1. The normalized spacial score (nSPS) is 34.0. The Balaban J connectivity index is 1.50. The van der Waals surface area contributed by atoms with E-state index in [9.17, 15) is 14.4 Å². The number of hydrazine groups is 1. The average Bonchev–Trinajstić information content (AvgIpc) is 3.45. The molecule has 2 heterocycles. The molecule has 4 aliphatic rings. The van der Waals surface area contributed by atoms with Gasteiger partial charge in [-0.15, -0.1) is 0 Å². The summed E-state index contributed by atoms with van der Waals surface area (Å²) in [7, 11) is 0. The summed E-state index contributed by atoms with van der Waals surface area (Å²) >= 11 is 0. The summed E-state index contributed by atoms with van der Waals surface area (Å²) in [6.45, 7) is 8.12. The lowest BCUT2D eigenvalue weighted by Crippen LogP contribution is -2.67. The molecule has 174 valence electrons. The zero-order valence-corrected chi connectivity index (χ0v) is 19.0. The van der Waals surface area contributed by atoms with Crippen LogP contribution in [0.5, 0.6) is 0 Å². The Labute approximate surface area is 184 Å². The number of carbonyl (C=O) groups excluding carboxylic acids is 3. The second-order valence-corrected chi connectivity index (χ2v) is 10.1. The van der Waals surface area contributed by atoms with Crippen LogP contribution in [0.4, 0.5) is 4.79 Å². The summed E-state index contributed by atoms with van der Waals surface area (Å²) in [5.41, 5.74) is 8.63. The van der Waals surface area contributed by atoms with Crippen molar-refractivity contribution < 1.29 is 19.1 Å². The van der Waals surface area contributed by atoms with Crippen LogP contribution in [-0.2, 0) is 14.3 Å². The van der Waals surface area contributed by atoms with Crippen LogP contribution in [-0.4, -0.2) is 83.1 Å². The van der Waals surface area contributed by atoms with Gasteiger partial charge in [0.1, 0.15) is 0 Å². The zero-order valence-electron chi connectivity index (χ0n) is 19.0. The number of amides is 3. The lowest BCUT2D eigenvalue weighted by atomic mass is 9.73. The molecular weight excluding hydrogens is 398 g/mol. The van der Waals surface area contributed by atoms with Gasteiger partial charge in [-0.1, -0.05) is 0 Å². The minimum Gasteiger partial charge on any atom is -0.447 e. The highest BCUT2D eigenvalue weighted by Crippen LogP contribution is 2.42. The van der Waals surface area contributed by atoms with Gasteiger partial charge in [0.2, 0.25) is 11.8 Å². The van der Waals surface area contributed by atoms with Crippen molar-refractivity contribution >= 4 is 17.9 Å². The van der Waals surface area contributed by atoms with Crippen LogP contribution in [0.3, 0.4) is 0 Å². The maximum atomic E-state index is 13.1. The van der Waals surface area contributed by atoms with E-state index in [4.69, 9.17) is 10.5 Å². The molecule has 2 saturated heterocycles. The highest BCUT2D eigenvalue weighted by molar-refractivity contribution is 5.82. The van der Waals surface area contributed by atoms with Gasteiger partial charge in [-0.05, 0) is 64.7 Å². The fourth-order valence-electron chi connectivity index (χ4n) is 5.77. The van der Waals surface area contributed by atoms with Crippen LogP contribution in [0.25, 0.3) is 0 Å². The summed E-state index contributed by atoms with van der Waals surface area (Å²) in [6, 6.07) is 0.0443. The molecule has 0 bridgehead atoms. The third-order valence-corrected chi connectivity index (χ3v) is 7.31. The molecule has 2 aliphatic heterocycles. The maximum absolute atomic E-state index is 13.1. The summed E-state index contributed by atoms with van der Waals surface area (Å²) in [6.07, 6.45) is 4.32. The van der Waals surface area contributed by atoms with Crippen molar-refractivity contribution in [3.8, 4) is 0 Å². The molecule has 0 aromatic carbocycles. The molecule has 0 radical (unpaired) electrons. The Kier molecular flexibility index (Phi) is 6.44. The molecule has 31 heavy (non-hydrogen) atoms. The van der Waals surface area contributed by atoms with E-state index in [1.54, 1.807) is 0 Å². The van der Waals surface area contributed by atoms with Crippen LogP contribution in [0, 0.1) is 17.8 Å². The summed E-state index contributed by atoms with van der Waals surface area (Å²) < 4.78 is 5.58. The van der Waals surface area contributed by atoms with Gasteiger partial charge in [0.05, 0.1) is 24.7 Å². The molecule has 3 amide bonds. The fourth-order valence-corrected chi connectivity index (χ4v) is 5.77. The number of fused-ring (bicyclic) bond motifs is 1. The third-order valence-electron chi connectivity index (χ3n) is 7.31. The first-order chi connectivity index (χ1) is 14.7. The number of piperazine rings is 1. The summed E-state index contributed by atoms with van der Waals surface area (Å²) in [5, 5.41) is 1.90. The number of nitrogens with zero attached hydrogens (tertiary/aromatic N) is 3. The van der Waals surface area contributed by atoms with E-state index in [1.807, 2.05) is 23.8 Å². The molecular formula is C22H37N5O4. The lowest BCUT2D eigenvalue weighted by molar-refractivity contribution is -0.146. The van der Waals surface area contributed by atoms with Gasteiger partial charge >= 0.3 is 6.09 Å². The number of primary amides is 1. The van der Waals surface area contributed by atoms with Crippen molar-refractivity contribution in [2.75, 3.05) is 26.2 Å². The first-order valence-electron chi connectivity index (χ1n) is 11.8. The minimum atomic E-state index is -0.338. The molecule has 5 atom stereocenters. The molecule has 0 spiro atoms. The predicted octanol–water partition coefficient (Wildman–Crippen LogP) is 0.933. The number of hydrogen-bond donors (Lipinski definition) is 2.